The Hall–Kier alpha value is -1.36. The zero-order valence-corrected chi connectivity index (χ0v) is 13.8. The van der Waals surface area contributed by atoms with Gasteiger partial charge in [0.1, 0.15) is 18.5 Å². The summed E-state index contributed by atoms with van der Waals surface area (Å²) in [5.41, 5.74) is 2.72. The lowest BCUT2D eigenvalue weighted by Crippen LogP contribution is -2.08. The largest absolute Gasteiger partial charge is 0.491 e. The summed E-state index contributed by atoms with van der Waals surface area (Å²) in [7, 11) is 1.63. The number of benzene rings is 2. The van der Waals surface area contributed by atoms with Crippen LogP contribution in [0.4, 0.5) is 0 Å². The van der Waals surface area contributed by atoms with E-state index in [0.717, 1.165) is 21.2 Å². The molecule has 2 rings (SSSR count). The standard InChI is InChI=1S/C17H19BrO3/c1-12-7-8-13(11-15(12)18)17(19)14-5-3-4-6-16(14)21-10-9-20-2/h3-8,11,17,19H,9-10H2,1-2H3. The first-order valence-electron chi connectivity index (χ1n) is 6.78. The minimum atomic E-state index is -0.722. The summed E-state index contributed by atoms with van der Waals surface area (Å²) >= 11 is 3.50. The maximum Gasteiger partial charge on any atom is 0.125 e. The van der Waals surface area contributed by atoms with E-state index < -0.39 is 6.10 Å². The molecule has 1 atom stereocenters. The van der Waals surface area contributed by atoms with Crippen LogP contribution in [0.2, 0.25) is 0 Å². The van der Waals surface area contributed by atoms with Crippen molar-refractivity contribution in [3.05, 3.63) is 63.6 Å². The molecular weight excluding hydrogens is 332 g/mol. The number of para-hydroxylation sites is 1. The van der Waals surface area contributed by atoms with Gasteiger partial charge in [-0.15, -0.1) is 0 Å². The van der Waals surface area contributed by atoms with Gasteiger partial charge in [-0.1, -0.05) is 46.3 Å². The SMILES string of the molecule is COCCOc1ccccc1C(O)c1ccc(C)c(Br)c1. The summed E-state index contributed by atoms with van der Waals surface area (Å²) in [6.45, 7) is 2.99. The first kappa shape index (κ1) is 16.0. The summed E-state index contributed by atoms with van der Waals surface area (Å²) in [5.74, 6) is 0.679. The molecule has 3 nitrogen and oxygen atoms in total. The third kappa shape index (κ3) is 4.06. The molecule has 0 radical (unpaired) electrons. The number of methoxy groups -OCH3 is 1. The van der Waals surface area contributed by atoms with Crippen LogP contribution < -0.4 is 4.74 Å². The number of ether oxygens (including phenoxy) is 2. The van der Waals surface area contributed by atoms with Gasteiger partial charge in [0, 0.05) is 17.1 Å². The van der Waals surface area contributed by atoms with Crippen LogP contribution in [0.3, 0.4) is 0 Å². The van der Waals surface area contributed by atoms with Crippen molar-refractivity contribution in [3.63, 3.8) is 0 Å². The van der Waals surface area contributed by atoms with E-state index in [1.807, 2.05) is 49.4 Å². The lowest BCUT2D eigenvalue weighted by molar-refractivity contribution is 0.142. The molecule has 4 heteroatoms. The van der Waals surface area contributed by atoms with Gasteiger partial charge < -0.3 is 14.6 Å². The van der Waals surface area contributed by atoms with Gasteiger partial charge in [-0.3, -0.25) is 0 Å². The number of halogens is 1. The number of hydrogen-bond acceptors (Lipinski definition) is 3. The Labute approximate surface area is 133 Å². The Morgan fingerprint density at radius 1 is 1.14 bits per heavy atom. The van der Waals surface area contributed by atoms with Crippen molar-refractivity contribution < 1.29 is 14.6 Å². The summed E-state index contributed by atoms with van der Waals surface area (Å²) in [6.07, 6.45) is -0.722. The Morgan fingerprint density at radius 3 is 2.62 bits per heavy atom. The van der Waals surface area contributed by atoms with Gasteiger partial charge in [0.2, 0.25) is 0 Å². The first-order chi connectivity index (χ1) is 10.1. The number of hydrogen-bond donors (Lipinski definition) is 1. The van der Waals surface area contributed by atoms with Crippen LogP contribution in [0.25, 0.3) is 0 Å². The number of aliphatic hydroxyl groups excluding tert-OH is 1. The van der Waals surface area contributed by atoms with Crippen molar-refractivity contribution >= 4 is 15.9 Å². The second-order valence-corrected chi connectivity index (χ2v) is 5.64. The number of aliphatic hydroxyl groups is 1. The monoisotopic (exact) mass is 350 g/mol. The van der Waals surface area contributed by atoms with E-state index in [1.165, 1.54) is 0 Å². The van der Waals surface area contributed by atoms with E-state index in [0.29, 0.717) is 19.0 Å². The second-order valence-electron chi connectivity index (χ2n) is 4.79. The van der Waals surface area contributed by atoms with Gasteiger partial charge in [0.05, 0.1) is 6.61 Å². The van der Waals surface area contributed by atoms with Gasteiger partial charge in [-0.2, -0.15) is 0 Å². The van der Waals surface area contributed by atoms with Gasteiger partial charge in [-0.25, -0.2) is 0 Å². The molecule has 0 aliphatic heterocycles. The van der Waals surface area contributed by atoms with E-state index in [-0.39, 0.29) is 0 Å². The Bertz CT molecular complexity index is 598. The van der Waals surface area contributed by atoms with Crippen LogP contribution in [-0.2, 0) is 4.74 Å². The highest BCUT2D eigenvalue weighted by atomic mass is 79.9. The lowest BCUT2D eigenvalue weighted by Gasteiger charge is -2.17. The summed E-state index contributed by atoms with van der Waals surface area (Å²) < 4.78 is 11.6. The fourth-order valence-corrected chi connectivity index (χ4v) is 2.43. The quantitative estimate of drug-likeness (QED) is 0.803. The van der Waals surface area contributed by atoms with Crippen LogP contribution >= 0.6 is 15.9 Å². The molecule has 0 saturated carbocycles. The molecule has 0 aromatic heterocycles. The fourth-order valence-electron chi connectivity index (χ4n) is 2.03. The minimum absolute atomic E-state index is 0.456. The molecule has 0 amide bonds. The Morgan fingerprint density at radius 2 is 1.90 bits per heavy atom. The zero-order valence-electron chi connectivity index (χ0n) is 12.2. The molecule has 0 bridgehead atoms. The highest BCUT2D eigenvalue weighted by molar-refractivity contribution is 9.10. The summed E-state index contributed by atoms with van der Waals surface area (Å²) in [6, 6.07) is 13.4. The normalized spacial score (nSPS) is 12.2. The highest BCUT2D eigenvalue weighted by Gasteiger charge is 2.16. The van der Waals surface area contributed by atoms with Crippen LogP contribution in [0, 0.1) is 6.92 Å². The molecule has 0 saturated heterocycles. The fraction of sp³-hybridized carbons (Fsp3) is 0.294. The van der Waals surface area contributed by atoms with Crippen molar-refractivity contribution in [2.75, 3.05) is 20.3 Å². The van der Waals surface area contributed by atoms with E-state index in [4.69, 9.17) is 9.47 Å². The molecule has 0 aliphatic rings. The molecule has 0 heterocycles. The van der Waals surface area contributed by atoms with Crippen LogP contribution in [0.1, 0.15) is 22.8 Å². The Balaban J connectivity index is 2.25. The van der Waals surface area contributed by atoms with Crippen LogP contribution in [-0.4, -0.2) is 25.4 Å². The Kier molecular flexibility index (Phi) is 5.79. The van der Waals surface area contributed by atoms with Crippen LogP contribution in [0.5, 0.6) is 5.75 Å². The molecule has 0 spiro atoms. The predicted molar refractivity (Wildman–Crippen MR) is 86.8 cm³/mol. The molecule has 0 aliphatic carbocycles. The second kappa shape index (κ2) is 7.59. The van der Waals surface area contributed by atoms with Crippen molar-refractivity contribution in [1.82, 2.24) is 0 Å². The van der Waals surface area contributed by atoms with Gasteiger partial charge in [0.25, 0.3) is 0 Å². The highest BCUT2D eigenvalue weighted by Crippen LogP contribution is 2.31. The average Bonchev–Trinajstić information content (AvgIpc) is 2.50. The third-order valence-electron chi connectivity index (χ3n) is 3.27. The topological polar surface area (TPSA) is 38.7 Å². The minimum Gasteiger partial charge on any atom is -0.491 e. The van der Waals surface area contributed by atoms with Gasteiger partial charge in [0.15, 0.2) is 0 Å². The third-order valence-corrected chi connectivity index (χ3v) is 4.12. The summed E-state index contributed by atoms with van der Waals surface area (Å²) in [5, 5.41) is 10.6. The van der Waals surface area contributed by atoms with Crippen molar-refractivity contribution in [2.45, 2.75) is 13.0 Å². The van der Waals surface area contributed by atoms with Crippen molar-refractivity contribution in [3.8, 4) is 5.75 Å². The van der Waals surface area contributed by atoms with Crippen molar-refractivity contribution in [2.24, 2.45) is 0 Å². The molecule has 0 fully saturated rings. The maximum absolute atomic E-state index is 10.6. The van der Waals surface area contributed by atoms with E-state index in [1.54, 1.807) is 7.11 Å². The van der Waals surface area contributed by atoms with E-state index in [2.05, 4.69) is 15.9 Å². The zero-order chi connectivity index (χ0) is 15.2. The smallest absolute Gasteiger partial charge is 0.125 e. The van der Waals surface area contributed by atoms with Crippen molar-refractivity contribution in [1.29, 1.82) is 0 Å². The van der Waals surface area contributed by atoms with Gasteiger partial charge in [-0.05, 0) is 30.2 Å². The molecule has 112 valence electrons. The predicted octanol–water partition coefficient (Wildman–Crippen LogP) is 3.86. The lowest BCUT2D eigenvalue weighted by atomic mass is 10.00. The number of rotatable bonds is 6. The van der Waals surface area contributed by atoms with Crippen LogP contribution in [0.15, 0.2) is 46.9 Å². The maximum atomic E-state index is 10.6. The molecule has 2 aromatic carbocycles. The average molecular weight is 351 g/mol. The molecule has 1 unspecified atom stereocenters. The van der Waals surface area contributed by atoms with E-state index in [9.17, 15) is 5.11 Å². The molecule has 2 aromatic rings. The molecule has 21 heavy (non-hydrogen) atoms. The van der Waals surface area contributed by atoms with Gasteiger partial charge >= 0.3 is 0 Å². The first-order valence-corrected chi connectivity index (χ1v) is 7.57. The molecule has 1 N–H and O–H groups in total. The number of aryl methyl sites for hydroxylation is 1. The summed E-state index contributed by atoms with van der Waals surface area (Å²) in [4.78, 5) is 0. The van der Waals surface area contributed by atoms with E-state index >= 15 is 0 Å². The molecular formula is C17H19BrO3.